The molecule has 0 N–H and O–H groups in total. The smallest absolute Gasteiger partial charge is 0.198 e. The summed E-state index contributed by atoms with van der Waals surface area (Å²) in [4.78, 5) is 13.9. The summed E-state index contributed by atoms with van der Waals surface area (Å²) in [5, 5.41) is 8.42. The molecule has 9 aromatic rings. The average Bonchev–Trinajstić information content (AvgIpc) is 3.44. The van der Waals surface area contributed by atoms with Gasteiger partial charge in [-0.15, -0.1) is 0 Å². The van der Waals surface area contributed by atoms with E-state index in [1.807, 2.05) is 0 Å². The maximum absolute atomic E-state index is 4.88. The molecule has 0 fully saturated rings. The first-order valence-electron chi connectivity index (χ1n) is 13.8. The molecule has 0 radical (unpaired) electrons. The van der Waals surface area contributed by atoms with Gasteiger partial charge in [-0.05, 0) is 85.6 Å². The molecule has 0 unspecified atom stereocenters. The summed E-state index contributed by atoms with van der Waals surface area (Å²) in [7, 11) is 0. The lowest BCUT2D eigenvalue weighted by Gasteiger charge is -2.11. The zero-order valence-electron chi connectivity index (χ0n) is 22.0. The van der Waals surface area contributed by atoms with Crippen LogP contribution in [0.15, 0.2) is 134 Å². The molecule has 0 aliphatic carbocycles. The van der Waals surface area contributed by atoms with Gasteiger partial charge in [-0.25, -0.2) is 15.0 Å². The Morgan fingerprint density at radius 2 is 1.00 bits per heavy atom. The Morgan fingerprint density at radius 3 is 1.78 bits per heavy atom. The zero-order chi connectivity index (χ0) is 26.9. The quantitative estimate of drug-likeness (QED) is 0.213. The molecular weight excluding hydrogens is 500 g/mol. The number of pyridine rings is 1. The van der Waals surface area contributed by atoms with Gasteiger partial charge in [0.05, 0.1) is 5.52 Å². The van der Waals surface area contributed by atoms with E-state index < -0.39 is 0 Å². The molecule has 4 nitrogen and oxygen atoms in total. The second kappa shape index (κ2) is 8.44. The van der Waals surface area contributed by atoms with E-state index >= 15 is 0 Å². The van der Waals surface area contributed by atoms with Gasteiger partial charge in [0.25, 0.3) is 0 Å². The summed E-state index contributed by atoms with van der Waals surface area (Å²) in [5.41, 5.74) is 8.24. The van der Waals surface area contributed by atoms with Gasteiger partial charge in [0.1, 0.15) is 5.65 Å². The standard InChI is InChI=1S/C37H22N4/c1-2-6-24-19-25(10-9-23(24)5-1)26-11-12-28-21-29(14-13-27(28)20-26)30-15-16-32-33(22-30)31-7-3-4-8-34(31)41-36(32)40-35-37(41)39-18-17-38-35/h1-22H. The molecule has 9 rings (SSSR count). The normalized spacial score (nSPS) is 11.9. The van der Waals surface area contributed by atoms with Crippen molar-refractivity contribution in [3.63, 3.8) is 0 Å². The Bertz CT molecular complexity index is 2490. The molecule has 0 aliphatic heterocycles. The van der Waals surface area contributed by atoms with Crippen LogP contribution in [0.4, 0.5) is 0 Å². The van der Waals surface area contributed by atoms with Crippen molar-refractivity contribution in [2.75, 3.05) is 0 Å². The summed E-state index contributed by atoms with van der Waals surface area (Å²) < 4.78 is 2.13. The highest BCUT2D eigenvalue weighted by molar-refractivity contribution is 6.14. The number of benzene rings is 6. The van der Waals surface area contributed by atoms with Crippen LogP contribution in [0, 0.1) is 0 Å². The third-order valence-electron chi connectivity index (χ3n) is 8.25. The third-order valence-corrected chi connectivity index (χ3v) is 8.25. The molecule has 190 valence electrons. The van der Waals surface area contributed by atoms with Crippen LogP contribution in [0.3, 0.4) is 0 Å². The van der Waals surface area contributed by atoms with Crippen LogP contribution in [0.2, 0.25) is 0 Å². The second-order valence-corrected chi connectivity index (χ2v) is 10.6. The molecule has 0 saturated carbocycles. The molecule has 3 aromatic heterocycles. The SMILES string of the molecule is c1ccc2cc(-c3ccc4cc(-c5ccc6c(c5)c5ccccc5n5c7nccnc7nc65)ccc4c3)ccc2c1. The molecule has 4 heteroatoms. The molecule has 0 saturated heterocycles. The molecule has 6 aromatic carbocycles. The van der Waals surface area contributed by atoms with Crippen molar-refractivity contribution in [1.29, 1.82) is 0 Å². The van der Waals surface area contributed by atoms with Crippen LogP contribution in [0.25, 0.3) is 82.4 Å². The number of fused-ring (bicyclic) bond motifs is 10. The predicted octanol–water partition coefficient (Wildman–Crippen LogP) is 9.22. The van der Waals surface area contributed by atoms with E-state index in [4.69, 9.17) is 4.98 Å². The van der Waals surface area contributed by atoms with Crippen molar-refractivity contribution >= 4 is 60.2 Å². The molecule has 0 aliphatic rings. The van der Waals surface area contributed by atoms with Gasteiger partial charge in [0.2, 0.25) is 0 Å². The van der Waals surface area contributed by atoms with Crippen molar-refractivity contribution in [3.8, 4) is 22.3 Å². The number of para-hydroxylation sites is 1. The zero-order valence-corrected chi connectivity index (χ0v) is 22.0. The van der Waals surface area contributed by atoms with E-state index in [0.717, 1.165) is 22.2 Å². The Labute approximate surface area is 235 Å². The van der Waals surface area contributed by atoms with Crippen molar-refractivity contribution in [2.45, 2.75) is 0 Å². The summed E-state index contributed by atoms with van der Waals surface area (Å²) in [6, 6.07) is 43.9. The lowest BCUT2D eigenvalue weighted by Crippen LogP contribution is -1.93. The van der Waals surface area contributed by atoms with E-state index in [1.54, 1.807) is 12.4 Å². The highest BCUT2D eigenvalue weighted by Gasteiger charge is 2.15. The molecule has 0 spiro atoms. The second-order valence-electron chi connectivity index (χ2n) is 10.6. The minimum Gasteiger partial charge on any atom is -0.275 e. The van der Waals surface area contributed by atoms with Crippen molar-refractivity contribution in [1.82, 2.24) is 19.4 Å². The van der Waals surface area contributed by atoms with Crippen LogP contribution >= 0.6 is 0 Å². The molecule has 0 amide bonds. The van der Waals surface area contributed by atoms with E-state index in [1.165, 1.54) is 54.6 Å². The molecule has 0 bridgehead atoms. The first kappa shape index (κ1) is 22.2. The third kappa shape index (κ3) is 3.38. The highest BCUT2D eigenvalue weighted by Crippen LogP contribution is 2.35. The summed E-state index contributed by atoms with van der Waals surface area (Å²) >= 11 is 0. The summed E-state index contributed by atoms with van der Waals surface area (Å²) in [5.74, 6) is 0. The predicted molar refractivity (Wildman–Crippen MR) is 169 cm³/mol. The topological polar surface area (TPSA) is 43.1 Å². The van der Waals surface area contributed by atoms with E-state index in [2.05, 4.69) is 136 Å². The van der Waals surface area contributed by atoms with Crippen LogP contribution < -0.4 is 0 Å². The van der Waals surface area contributed by atoms with Crippen LogP contribution in [0.5, 0.6) is 0 Å². The van der Waals surface area contributed by atoms with E-state index in [9.17, 15) is 0 Å². The number of nitrogens with zero attached hydrogens (tertiary/aromatic N) is 4. The Morgan fingerprint density at radius 1 is 0.415 bits per heavy atom. The first-order chi connectivity index (χ1) is 20.3. The van der Waals surface area contributed by atoms with Gasteiger partial charge in [-0.1, -0.05) is 84.9 Å². The fourth-order valence-electron chi connectivity index (χ4n) is 6.23. The van der Waals surface area contributed by atoms with E-state index in [-0.39, 0.29) is 0 Å². The van der Waals surface area contributed by atoms with Crippen LogP contribution in [0.1, 0.15) is 0 Å². The minimum atomic E-state index is 0.659. The molecule has 3 heterocycles. The molecular formula is C37H22N4. The summed E-state index contributed by atoms with van der Waals surface area (Å²) in [6.45, 7) is 0. The monoisotopic (exact) mass is 522 g/mol. The lowest BCUT2D eigenvalue weighted by molar-refractivity contribution is 1.22. The number of aromatic nitrogens is 4. The number of hydrogen-bond donors (Lipinski definition) is 0. The average molecular weight is 523 g/mol. The number of imidazole rings is 1. The van der Waals surface area contributed by atoms with Crippen LogP contribution in [-0.2, 0) is 0 Å². The number of hydrogen-bond acceptors (Lipinski definition) is 3. The minimum absolute atomic E-state index is 0.659. The lowest BCUT2D eigenvalue weighted by atomic mass is 9.95. The van der Waals surface area contributed by atoms with Crippen molar-refractivity contribution in [3.05, 3.63) is 134 Å². The van der Waals surface area contributed by atoms with Crippen molar-refractivity contribution in [2.24, 2.45) is 0 Å². The van der Waals surface area contributed by atoms with Gasteiger partial charge in [0, 0.05) is 23.2 Å². The number of rotatable bonds is 2. The van der Waals surface area contributed by atoms with Crippen molar-refractivity contribution < 1.29 is 0 Å². The maximum atomic E-state index is 4.88. The van der Waals surface area contributed by atoms with Gasteiger partial charge >= 0.3 is 0 Å². The molecule has 0 atom stereocenters. The molecule has 41 heavy (non-hydrogen) atoms. The Hall–Kier alpha value is -5.61. The highest BCUT2D eigenvalue weighted by atomic mass is 15.1. The summed E-state index contributed by atoms with van der Waals surface area (Å²) in [6.07, 6.45) is 3.42. The van der Waals surface area contributed by atoms with Gasteiger partial charge in [-0.2, -0.15) is 0 Å². The van der Waals surface area contributed by atoms with Gasteiger partial charge in [0.15, 0.2) is 11.3 Å². The maximum Gasteiger partial charge on any atom is 0.198 e. The fourth-order valence-corrected chi connectivity index (χ4v) is 6.23. The van der Waals surface area contributed by atoms with Crippen LogP contribution in [-0.4, -0.2) is 19.4 Å². The largest absolute Gasteiger partial charge is 0.275 e. The Balaban J connectivity index is 1.19. The van der Waals surface area contributed by atoms with E-state index in [0.29, 0.717) is 5.65 Å². The Kier molecular flexibility index (Phi) is 4.58. The van der Waals surface area contributed by atoms with Gasteiger partial charge < -0.3 is 0 Å². The first-order valence-corrected chi connectivity index (χ1v) is 13.8. The van der Waals surface area contributed by atoms with Gasteiger partial charge in [-0.3, -0.25) is 4.40 Å². The fraction of sp³-hybridized carbons (Fsp3) is 0.